The van der Waals surface area contributed by atoms with Crippen molar-refractivity contribution >= 4 is 28.9 Å². The van der Waals surface area contributed by atoms with E-state index in [9.17, 15) is 14.4 Å². The van der Waals surface area contributed by atoms with Crippen molar-refractivity contribution in [1.29, 1.82) is 0 Å². The Morgan fingerprint density at radius 2 is 1.64 bits per heavy atom. The molecule has 2 aliphatic heterocycles. The molecular formula is C38H40N4O3. The number of rotatable bonds is 7. The maximum absolute atomic E-state index is 13.9. The molecule has 1 aromatic heterocycles. The number of anilines is 3. The highest BCUT2D eigenvalue weighted by molar-refractivity contribution is 6.10. The number of nitrogens with one attached hydrogen (secondary N) is 1. The summed E-state index contributed by atoms with van der Waals surface area (Å²) >= 11 is 0. The van der Waals surface area contributed by atoms with Crippen LogP contribution in [-0.2, 0) is 12.0 Å². The van der Waals surface area contributed by atoms with Crippen LogP contribution in [0.2, 0.25) is 0 Å². The van der Waals surface area contributed by atoms with Gasteiger partial charge in [0.05, 0.1) is 11.4 Å². The van der Waals surface area contributed by atoms with Gasteiger partial charge in [0, 0.05) is 60.7 Å². The molecule has 2 atom stereocenters. The first-order valence-electron chi connectivity index (χ1n) is 15.6. The van der Waals surface area contributed by atoms with Crippen molar-refractivity contribution < 1.29 is 9.59 Å². The minimum Gasteiger partial charge on any atom is -0.369 e. The van der Waals surface area contributed by atoms with Crippen LogP contribution in [0, 0.1) is 5.92 Å². The molecule has 2 aliphatic rings. The average molecular weight is 601 g/mol. The molecule has 7 nitrogen and oxygen atoms in total. The lowest BCUT2D eigenvalue weighted by molar-refractivity contribution is 0.0987. The molecule has 0 aliphatic carbocycles. The fourth-order valence-corrected chi connectivity index (χ4v) is 6.65. The number of fused-ring (bicyclic) bond motifs is 4. The average Bonchev–Trinajstić information content (AvgIpc) is 3.04. The fraction of sp³-hybridized carbons (Fsp3) is 0.289. The van der Waals surface area contributed by atoms with Gasteiger partial charge in [0.15, 0.2) is 0 Å². The Kier molecular flexibility index (Phi) is 8.19. The molecule has 45 heavy (non-hydrogen) atoms. The van der Waals surface area contributed by atoms with Crippen LogP contribution in [0.1, 0.15) is 65.1 Å². The Morgan fingerprint density at radius 1 is 0.911 bits per heavy atom. The first kappa shape index (κ1) is 30.1. The topological polar surface area (TPSA) is 74.7 Å². The van der Waals surface area contributed by atoms with Crippen LogP contribution in [0.4, 0.5) is 17.1 Å². The molecule has 7 heteroatoms. The number of hydrogen-bond donors (Lipinski definition) is 1. The fourth-order valence-electron chi connectivity index (χ4n) is 6.65. The zero-order valence-corrected chi connectivity index (χ0v) is 26.2. The summed E-state index contributed by atoms with van der Waals surface area (Å²) in [4.78, 5) is 44.2. The summed E-state index contributed by atoms with van der Waals surface area (Å²) in [7, 11) is 0. The summed E-state index contributed by atoms with van der Waals surface area (Å²) in [5.41, 5.74) is 5.47. The second kappa shape index (κ2) is 12.2. The van der Waals surface area contributed by atoms with Crippen LogP contribution >= 0.6 is 0 Å². The second-order valence-electron chi connectivity index (χ2n) is 13.2. The number of carbonyl (C=O) groups excluding carboxylic acids is 2. The predicted octanol–water partition coefficient (Wildman–Crippen LogP) is 6.85. The van der Waals surface area contributed by atoms with Crippen LogP contribution < -0.4 is 20.7 Å². The van der Waals surface area contributed by atoms with Gasteiger partial charge in [-0.25, -0.2) is 0 Å². The Morgan fingerprint density at radius 3 is 2.36 bits per heavy atom. The highest BCUT2D eigenvalue weighted by atomic mass is 16.2. The van der Waals surface area contributed by atoms with Crippen molar-refractivity contribution in [2.24, 2.45) is 5.92 Å². The number of hydrogen-bond acceptors (Lipinski definition) is 4. The van der Waals surface area contributed by atoms with Crippen molar-refractivity contribution in [2.45, 2.75) is 45.1 Å². The highest BCUT2D eigenvalue weighted by Crippen LogP contribution is 2.39. The second-order valence-corrected chi connectivity index (χ2v) is 13.2. The Balaban J connectivity index is 1.36. The minimum atomic E-state index is -0.235. The number of nitrogens with zero attached hydrogens (tertiary/aromatic N) is 3. The van der Waals surface area contributed by atoms with Crippen LogP contribution in [0.15, 0.2) is 108 Å². The molecule has 0 radical (unpaired) electrons. The van der Waals surface area contributed by atoms with Gasteiger partial charge in [-0.1, -0.05) is 63.2 Å². The third-order valence-corrected chi connectivity index (χ3v) is 8.95. The van der Waals surface area contributed by atoms with E-state index < -0.39 is 0 Å². The molecule has 1 fully saturated rings. The smallest absolute Gasteiger partial charge is 0.258 e. The molecule has 3 heterocycles. The van der Waals surface area contributed by atoms with Gasteiger partial charge in [0.1, 0.15) is 0 Å². The van der Waals surface area contributed by atoms with Crippen molar-refractivity contribution in [3.05, 3.63) is 136 Å². The Hall–Kier alpha value is -4.91. The molecule has 0 saturated carbocycles. The summed E-state index contributed by atoms with van der Waals surface area (Å²) in [6.45, 7) is 12.8. The van der Waals surface area contributed by atoms with Gasteiger partial charge in [-0.05, 0) is 71.8 Å². The van der Waals surface area contributed by atoms with E-state index in [0.29, 0.717) is 42.4 Å². The van der Waals surface area contributed by atoms with Gasteiger partial charge in [0.25, 0.3) is 17.4 Å². The number of piperidine rings is 1. The van der Waals surface area contributed by atoms with E-state index in [1.54, 1.807) is 23.1 Å². The SMILES string of the molecule is C=CCN(C(=O)c1ccc(N2C[C@H]3C[C@@H](C2)c2cccc(=O)n2C3)c(NC(=O)c2ccc(C(C)(C)C)cc2)c1)c1ccccc1. The standard InChI is InChI=1S/C38H40N4O3/c1-5-20-41(31-10-7-6-8-11-31)37(45)28-16-19-34(32(22-28)39-36(44)27-14-17-30(18-15-27)38(2,3)4)40-23-26-21-29(25-40)33-12-9-13-35(43)42(33)24-26/h5-19,22,26,29H,1,20-21,23-25H2,2-4H3,(H,39,44)/t26-,29+/m1/s1. The quantitative estimate of drug-likeness (QED) is 0.235. The van der Waals surface area contributed by atoms with Crippen molar-refractivity contribution in [3.8, 4) is 0 Å². The molecule has 0 unspecified atom stereocenters. The summed E-state index contributed by atoms with van der Waals surface area (Å²) in [5, 5.41) is 3.16. The minimum absolute atomic E-state index is 0.0248. The van der Waals surface area contributed by atoms with Gasteiger partial charge in [-0.2, -0.15) is 0 Å². The lowest BCUT2D eigenvalue weighted by Gasteiger charge is -2.44. The summed E-state index contributed by atoms with van der Waals surface area (Å²) in [5.74, 6) is 0.0811. The van der Waals surface area contributed by atoms with E-state index in [1.807, 2.05) is 77.4 Å². The molecule has 2 bridgehead atoms. The van der Waals surface area contributed by atoms with Crippen molar-refractivity contribution in [1.82, 2.24) is 4.57 Å². The Labute approximate surface area is 264 Å². The first-order chi connectivity index (χ1) is 21.6. The molecule has 230 valence electrons. The zero-order chi connectivity index (χ0) is 31.7. The summed E-state index contributed by atoms with van der Waals surface area (Å²) in [6, 6.07) is 28.3. The maximum Gasteiger partial charge on any atom is 0.258 e. The van der Waals surface area contributed by atoms with Gasteiger partial charge in [-0.15, -0.1) is 6.58 Å². The number of aromatic nitrogens is 1. The normalized spacial score (nSPS) is 17.3. The monoisotopic (exact) mass is 600 g/mol. The third kappa shape index (κ3) is 6.21. The molecule has 3 aromatic carbocycles. The largest absolute Gasteiger partial charge is 0.369 e. The summed E-state index contributed by atoms with van der Waals surface area (Å²) < 4.78 is 1.92. The molecule has 6 rings (SSSR count). The number of para-hydroxylation sites is 1. The first-order valence-corrected chi connectivity index (χ1v) is 15.6. The third-order valence-electron chi connectivity index (χ3n) is 8.95. The Bertz CT molecular complexity index is 1790. The zero-order valence-electron chi connectivity index (χ0n) is 26.2. The van der Waals surface area contributed by atoms with E-state index >= 15 is 0 Å². The van der Waals surface area contributed by atoms with E-state index in [2.05, 4.69) is 43.6 Å². The predicted molar refractivity (Wildman–Crippen MR) is 182 cm³/mol. The summed E-state index contributed by atoms with van der Waals surface area (Å²) in [6.07, 6.45) is 2.73. The van der Waals surface area contributed by atoms with Crippen LogP contribution in [-0.4, -0.2) is 36.0 Å². The molecular weight excluding hydrogens is 560 g/mol. The molecule has 1 saturated heterocycles. The van der Waals surface area contributed by atoms with Gasteiger partial charge >= 0.3 is 0 Å². The lowest BCUT2D eigenvalue weighted by atomic mass is 9.83. The van der Waals surface area contributed by atoms with Crippen molar-refractivity contribution in [3.63, 3.8) is 0 Å². The van der Waals surface area contributed by atoms with E-state index in [1.165, 1.54) is 0 Å². The molecule has 4 aromatic rings. The van der Waals surface area contributed by atoms with E-state index in [-0.39, 0.29) is 28.7 Å². The lowest BCUT2D eigenvalue weighted by Crippen LogP contribution is -2.47. The highest BCUT2D eigenvalue weighted by Gasteiger charge is 2.35. The van der Waals surface area contributed by atoms with Crippen molar-refractivity contribution in [2.75, 3.05) is 34.8 Å². The molecule has 0 spiro atoms. The van der Waals surface area contributed by atoms with Gasteiger partial charge in [0.2, 0.25) is 0 Å². The number of pyridine rings is 1. The van der Waals surface area contributed by atoms with E-state index in [4.69, 9.17) is 0 Å². The maximum atomic E-state index is 13.9. The van der Waals surface area contributed by atoms with Crippen LogP contribution in [0.3, 0.4) is 0 Å². The number of amides is 2. The molecule has 2 amide bonds. The molecule has 1 N–H and O–H groups in total. The van der Waals surface area contributed by atoms with Gasteiger partial charge in [-0.3, -0.25) is 14.4 Å². The van der Waals surface area contributed by atoms with Crippen LogP contribution in [0.25, 0.3) is 0 Å². The van der Waals surface area contributed by atoms with Crippen LogP contribution in [0.5, 0.6) is 0 Å². The van der Waals surface area contributed by atoms with E-state index in [0.717, 1.165) is 35.6 Å². The number of benzene rings is 3. The number of carbonyl (C=O) groups is 2. The van der Waals surface area contributed by atoms with Gasteiger partial charge < -0.3 is 19.7 Å².